The summed E-state index contributed by atoms with van der Waals surface area (Å²) in [4.78, 5) is 19.2. The zero-order valence-corrected chi connectivity index (χ0v) is 17.4. The first-order valence-electron chi connectivity index (χ1n) is 10.2. The van der Waals surface area contributed by atoms with Gasteiger partial charge in [0.05, 0.1) is 24.3 Å². The van der Waals surface area contributed by atoms with Crippen LogP contribution in [0.1, 0.15) is 21.5 Å². The molecule has 1 saturated heterocycles. The molecule has 166 valence electrons. The SMILES string of the molecule is Cc1c(NC(=O)c2ccc(N3CCOCC3)nc2)cccc1-c1ccc(C(F)(F)F)cc1. The van der Waals surface area contributed by atoms with Gasteiger partial charge in [-0.2, -0.15) is 13.2 Å². The maximum atomic E-state index is 12.8. The number of nitrogens with zero attached hydrogens (tertiary/aromatic N) is 2. The number of carbonyl (C=O) groups is 1. The van der Waals surface area contributed by atoms with Crippen LogP contribution in [0.15, 0.2) is 60.8 Å². The molecule has 0 radical (unpaired) electrons. The summed E-state index contributed by atoms with van der Waals surface area (Å²) in [5.74, 6) is 0.490. The molecule has 2 heterocycles. The molecule has 4 rings (SSSR count). The lowest BCUT2D eigenvalue weighted by Gasteiger charge is -2.27. The monoisotopic (exact) mass is 441 g/mol. The Morgan fingerprint density at radius 1 is 1.03 bits per heavy atom. The molecule has 1 aliphatic rings. The van der Waals surface area contributed by atoms with Crippen LogP contribution in [0, 0.1) is 6.92 Å². The number of benzene rings is 2. The molecule has 5 nitrogen and oxygen atoms in total. The molecule has 0 bridgehead atoms. The van der Waals surface area contributed by atoms with Gasteiger partial charge >= 0.3 is 6.18 Å². The Morgan fingerprint density at radius 3 is 2.38 bits per heavy atom. The molecule has 1 fully saturated rings. The summed E-state index contributed by atoms with van der Waals surface area (Å²) in [6, 6.07) is 13.9. The summed E-state index contributed by atoms with van der Waals surface area (Å²) < 4.78 is 43.9. The second-order valence-electron chi connectivity index (χ2n) is 7.51. The number of morpholine rings is 1. The molecule has 2 aromatic carbocycles. The topological polar surface area (TPSA) is 54.5 Å². The first-order valence-corrected chi connectivity index (χ1v) is 10.2. The number of anilines is 2. The maximum Gasteiger partial charge on any atom is 0.416 e. The molecular formula is C24H22F3N3O2. The maximum absolute atomic E-state index is 12.8. The molecule has 0 aliphatic carbocycles. The second-order valence-corrected chi connectivity index (χ2v) is 7.51. The summed E-state index contributed by atoms with van der Waals surface area (Å²) >= 11 is 0. The Hall–Kier alpha value is -3.39. The van der Waals surface area contributed by atoms with Gasteiger partial charge in [-0.05, 0) is 53.9 Å². The van der Waals surface area contributed by atoms with Crippen LogP contribution in [0.5, 0.6) is 0 Å². The number of ether oxygens (including phenoxy) is 1. The van der Waals surface area contributed by atoms with Crippen LogP contribution in [-0.4, -0.2) is 37.2 Å². The van der Waals surface area contributed by atoms with Crippen LogP contribution in [0.3, 0.4) is 0 Å². The predicted octanol–water partition coefficient (Wildman–Crippen LogP) is 5.16. The fraction of sp³-hybridized carbons (Fsp3) is 0.250. The standard InChI is InChI=1S/C24H22F3N3O2/c1-16-20(17-5-8-19(9-6-17)24(25,26)27)3-2-4-21(16)29-23(31)18-7-10-22(28-15-18)30-11-13-32-14-12-30/h2-10,15H,11-14H2,1H3,(H,29,31). The Kier molecular flexibility index (Phi) is 6.14. The molecule has 0 atom stereocenters. The van der Waals surface area contributed by atoms with E-state index >= 15 is 0 Å². The quantitative estimate of drug-likeness (QED) is 0.607. The van der Waals surface area contributed by atoms with E-state index in [2.05, 4.69) is 15.2 Å². The number of carbonyl (C=O) groups excluding carboxylic acids is 1. The van der Waals surface area contributed by atoms with E-state index in [1.54, 1.807) is 18.2 Å². The van der Waals surface area contributed by atoms with Crippen molar-refractivity contribution in [3.8, 4) is 11.1 Å². The molecule has 1 N–H and O–H groups in total. The number of amides is 1. The fourth-order valence-corrected chi connectivity index (χ4v) is 3.62. The van der Waals surface area contributed by atoms with Crippen molar-refractivity contribution in [3.05, 3.63) is 77.5 Å². The van der Waals surface area contributed by atoms with Crippen molar-refractivity contribution >= 4 is 17.4 Å². The van der Waals surface area contributed by atoms with Crippen LogP contribution in [-0.2, 0) is 10.9 Å². The van der Waals surface area contributed by atoms with Gasteiger partial charge in [-0.1, -0.05) is 24.3 Å². The van der Waals surface area contributed by atoms with E-state index in [4.69, 9.17) is 4.74 Å². The number of rotatable bonds is 4. The van der Waals surface area contributed by atoms with E-state index in [9.17, 15) is 18.0 Å². The molecule has 0 saturated carbocycles. The minimum atomic E-state index is -4.38. The first-order chi connectivity index (χ1) is 15.3. The Morgan fingerprint density at radius 2 is 1.75 bits per heavy atom. The molecule has 1 aliphatic heterocycles. The third kappa shape index (κ3) is 4.75. The smallest absolute Gasteiger partial charge is 0.378 e. The van der Waals surface area contributed by atoms with Crippen molar-refractivity contribution in [1.29, 1.82) is 0 Å². The van der Waals surface area contributed by atoms with Gasteiger partial charge in [-0.3, -0.25) is 4.79 Å². The van der Waals surface area contributed by atoms with Crippen molar-refractivity contribution in [2.24, 2.45) is 0 Å². The van der Waals surface area contributed by atoms with Crippen LogP contribution >= 0.6 is 0 Å². The predicted molar refractivity (Wildman–Crippen MR) is 117 cm³/mol. The number of halogens is 3. The fourth-order valence-electron chi connectivity index (χ4n) is 3.62. The number of pyridine rings is 1. The number of alkyl halides is 3. The van der Waals surface area contributed by atoms with Gasteiger partial charge in [0, 0.05) is 25.0 Å². The lowest BCUT2D eigenvalue weighted by molar-refractivity contribution is -0.137. The van der Waals surface area contributed by atoms with Gasteiger partial charge in [0.15, 0.2) is 0 Å². The molecule has 8 heteroatoms. The minimum Gasteiger partial charge on any atom is -0.378 e. The highest BCUT2D eigenvalue weighted by Gasteiger charge is 2.30. The van der Waals surface area contributed by atoms with Gasteiger partial charge in [0.2, 0.25) is 0 Å². The van der Waals surface area contributed by atoms with E-state index < -0.39 is 11.7 Å². The molecule has 0 unspecified atom stereocenters. The van der Waals surface area contributed by atoms with Gasteiger partial charge < -0.3 is 15.0 Å². The average molecular weight is 441 g/mol. The van der Waals surface area contributed by atoms with Crippen LogP contribution in [0.4, 0.5) is 24.7 Å². The minimum absolute atomic E-state index is 0.307. The highest BCUT2D eigenvalue weighted by atomic mass is 19.4. The van der Waals surface area contributed by atoms with Crippen molar-refractivity contribution < 1.29 is 22.7 Å². The van der Waals surface area contributed by atoms with E-state index in [1.165, 1.54) is 18.3 Å². The van der Waals surface area contributed by atoms with Gasteiger partial charge in [-0.15, -0.1) is 0 Å². The zero-order chi connectivity index (χ0) is 22.7. The second kappa shape index (κ2) is 9.00. The number of hydrogen-bond donors (Lipinski definition) is 1. The zero-order valence-electron chi connectivity index (χ0n) is 17.4. The summed E-state index contributed by atoms with van der Waals surface area (Å²) in [6.45, 7) is 4.64. The van der Waals surface area contributed by atoms with E-state index in [-0.39, 0.29) is 5.91 Å². The number of aromatic nitrogens is 1. The van der Waals surface area contributed by atoms with Crippen molar-refractivity contribution in [3.63, 3.8) is 0 Å². The number of nitrogens with one attached hydrogen (secondary N) is 1. The lowest BCUT2D eigenvalue weighted by atomic mass is 9.98. The summed E-state index contributed by atoms with van der Waals surface area (Å²) in [5, 5.41) is 2.88. The average Bonchev–Trinajstić information content (AvgIpc) is 2.80. The van der Waals surface area contributed by atoms with Crippen molar-refractivity contribution in [1.82, 2.24) is 4.98 Å². The Labute approximate surface area is 183 Å². The molecule has 1 aromatic heterocycles. The van der Waals surface area contributed by atoms with Crippen LogP contribution < -0.4 is 10.2 Å². The third-order valence-corrected chi connectivity index (χ3v) is 5.45. The van der Waals surface area contributed by atoms with Crippen LogP contribution in [0.25, 0.3) is 11.1 Å². The highest BCUT2D eigenvalue weighted by Crippen LogP contribution is 2.33. The van der Waals surface area contributed by atoms with Gasteiger partial charge in [-0.25, -0.2) is 4.98 Å². The van der Waals surface area contributed by atoms with Crippen molar-refractivity contribution in [2.45, 2.75) is 13.1 Å². The van der Waals surface area contributed by atoms with E-state index in [0.29, 0.717) is 30.0 Å². The largest absolute Gasteiger partial charge is 0.416 e. The third-order valence-electron chi connectivity index (χ3n) is 5.45. The Bertz CT molecular complexity index is 1090. The summed E-state index contributed by atoms with van der Waals surface area (Å²) in [5.41, 5.74) is 2.46. The molecule has 0 spiro atoms. The van der Waals surface area contributed by atoms with E-state index in [1.807, 2.05) is 19.1 Å². The lowest BCUT2D eigenvalue weighted by Crippen LogP contribution is -2.36. The summed E-state index contributed by atoms with van der Waals surface area (Å²) in [7, 11) is 0. The molecule has 3 aromatic rings. The molecular weight excluding hydrogens is 419 g/mol. The van der Waals surface area contributed by atoms with Gasteiger partial charge in [0.1, 0.15) is 5.82 Å². The Balaban J connectivity index is 1.50. The first kappa shape index (κ1) is 21.8. The molecule has 1 amide bonds. The highest BCUT2D eigenvalue weighted by molar-refractivity contribution is 6.05. The summed E-state index contributed by atoms with van der Waals surface area (Å²) in [6.07, 6.45) is -2.84. The molecule has 32 heavy (non-hydrogen) atoms. The number of hydrogen-bond acceptors (Lipinski definition) is 4. The van der Waals surface area contributed by atoms with E-state index in [0.717, 1.165) is 42.2 Å². The van der Waals surface area contributed by atoms with Crippen LogP contribution in [0.2, 0.25) is 0 Å². The van der Waals surface area contributed by atoms with Gasteiger partial charge in [0.25, 0.3) is 5.91 Å². The van der Waals surface area contributed by atoms with Crippen molar-refractivity contribution in [2.75, 3.05) is 36.5 Å². The normalized spacial score (nSPS) is 14.3.